The molecule has 1 aliphatic rings. The minimum atomic E-state index is -0.366. The van der Waals surface area contributed by atoms with Crippen LogP contribution in [0.4, 0.5) is 0 Å². The van der Waals surface area contributed by atoms with Crippen molar-refractivity contribution in [1.29, 1.82) is 0 Å². The molecule has 2 aromatic rings. The summed E-state index contributed by atoms with van der Waals surface area (Å²) in [5, 5.41) is 10.9. The zero-order valence-electron chi connectivity index (χ0n) is 11.9. The smallest absolute Gasteiger partial charge is 0.122 e. The van der Waals surface area contributed by atoms with Crippen LogP contribution in [0.5, 0.6) is 5.75 Å². The summed E-state index contributed by atoms with van der Waals surface area (Å²) >= 11 is 6.12. The van der Waals surface area contributed by atoms with Gasteiger partial charge in [-0.1, -0.05) is 41.9 Å². The van der Waals surface area contributed by atoms with Crippen LogP contribution in [0.25, 0.3) is 0 Å². The first-order chi connectivity index (χ1) is 10.2. The molecule has 0 aliphatic carbocycles. The van der Waals surface area contributed by atoms with Crippen molar-refractivity contribution in [2.45, 2.75) is 31.8 Å². The molecule has 0 saturated carbocycles. The van der Waals surface area contributed by atoms with Gasteiger partial charge < -0.3 is 9.84 Å². The van der Waals surface area contributed by atoms with Crippen LogP contribution >= 0.6 is 11.6 Å². The van der Waals surface area contributed by atoms with Crippen LogP contribution in [0.1, 0.15) is 23.1 Å². The molecule has 0 saturated heterocycles. The molecule has 1 heterocycles. The average Bonchev–Trinajstić information content (AvgIpc) is 2.95. The number of benzene rings is 2. The summed E-state index contributed by atoms with van der Waals surface area (Å²) in [4.78, 5) is 0. The van der Waals surface area contributed by atoms with E-state index in [-0.39, 0.29) is 6.10 Å². The first-order valence-electron chi connectivity index (χ1n) is 7.38. The van der Waals surface area contributed by atoms with Crippen LogP contribution in [0, 0.1) is 0 Å². The molecule has 1 unspecified atom stereocenters. The van der Waals surface area contributed by atoms with Gasteiger partial charge >= 0.3 is 0 Å². The van der Waals surface area contributed by atoms with Gasteiger partial charge in [-0.3, -0.25) is 0 Å². The zero-order chi connectivity index (χ0) is 14.7. The molecule has 0 aromatic heterocycles. The maximum Gasteiger partial charge on any atom is 0.122 e. The Morgan fingerprint density at radius 3 is 2.90 bits per heavy atom. The Kier molecular flexibility index (Phi) is 4.47. The van der Waals surface area contributed by atoms with Crippen LogP contribution < -0.4 is 4.74 Å². The lowest BCUT2D eigenvalue weighted by Crippen LogP contribution is -2.12. The highest BCUT2D eigenvalue weighted by atomic mass is 35.5. The summed E-state index contributed by atoms with van der Waals surface area (Å²) < 4.78 is 5.51. The summed E-state index contributed by atoms with van der Waals surface area (Å²) in [5.41, 5.74) is 3.56. The van der Waals surface area contributed by atoms with E-state index in [0.717, 1.165) is 42.2 Å². The molecule has 2 nitrogen and oxygen atoms in total. The largest absolute Gasteiger partial charge is 0.493 e. The first kappa shape index (κ1) is 14.4. The summed E-state index contributed by atoms with van der Waals surface area (Å²) in [7, 11) is 0. The summed E-state index contributed by atoms with van der Waals surface area (Å²) in [5.74, 6) is 1.01. The molecule has 110 valence electrons. The monoisotopic (exact) mass is 302 g/mol. The Hall–Kier alpha value is -1.51. The maximum absolute atomic E-state index is 10.2. The second-order valence-electron chi connectivity index (χ2n) is 5.53. The van der Waals surface area contributed by atoms with Gasteiger partial charge in [-0.25, -0.2) is 0 Å². The van der Waals surface area contributed by atoms with Gasteiger partial charge in [-0.2, -0.15) is 0 Å². The van der Waals surface area contributed by atoms with E-state index in [2.05, 4.69) is 12.1 Å². The normalized spacial score (nSPS) is 14.6. The second-order valence-corrected chi connectivity index (χ2v) is 5.94. The quantitative estimate of drug-likeness (QED) is 0.910. The average molecular weight is 303 g/mol. The molecule has 0 spiro atoms. The molecule has 21 heavy (non-hydrogen) atoms. The first-order valence-corrected chi connectivity index (χ1v) is 7.76. The standard InChI is InChI=1S/C18H19ClO2/c19-17-4-2-1-3-14(17)12-16(20)7-5-13-6-8-18-15(11-13)9-10-21-18/h1-4,6,8,11,16,20H,5,7,9-10,12H2. The van der Waals surface area contributed by atoms with Gasteiger partial charge in [0.1, 0.15) is 5.75 Å². The number of rotatable bonds is 5. The third-order valence-electron chi connectivity index (χ3n) is 3.93. The number of fused-ring (bicyclic) bond motifs is 1. The van der Waals surface area contributed by atoms with Gasteiger partial charge in [0.25, 0.3) is 0 Å². The number of hydrogen-bond donors (Lipinski definition) is 1. The molecule has 0 fully saturated rings. The molecule has 2 aromatic carbocycles. The summed E-state index contributed by atoms with van der Waals surface area (Å²) in [6, 6.07) is 14.0. The Morgan fingerprint density at radius 1 is 1.19 bits per heavy atom. The van der Waals surface area contributed by atoms with E-state index < -0.39 is 0 Å². The number of halogens is 1. The fourth-order valence-corrected chi connectivity index (χ4v) is 2.96. The summed E-state index contributed by atoms with van der Waals surface area (Å²) in [6.45, 7) is 0.786. The van der Waals surface area contributed by atoms with E-state index >= 15 is 0 Å². The number of aryl methyl sites for hydroxylation is 1. The van der Waals surface area contributed by atoms with Crippen LogP contribution in [-0.2, 0) is 19.3 Å². The fraction of sp³-hybridized carbons (Fsp3) is 0.333. The highest BCUT2D eigenvalue weighted by Crippen LogP contribution is 2.26. The molecular weight excluding hydrogens is 284 g/mol. The number of aliphatic hydroxyl groups excluding tert-OH is 1. The molecule has 1 atom stereocenters. The van der Waals surface area contributed by atoms with Gasteiger partial charge in [0.15, 0.2) is 0 Å². The van der Waals surface area contributed by atoms with Crippen LogP contribution in [0.2, 0.25) is 5.02 Å². The molecule has 0 radical (unpaired) electrons. The topological polar surface area (TPSA) is 29.5 Å². The lowest BCUT2D eigenvalue weighted by molar-refractivity contribution is 0.165. The predicted molar refractivity (Wildman–Crippen MR) is 85.1 cm³/mol. The molecule has 1 aliphatic heterocycles. The summed E-state index contributed by atoms with van der Waals surface area (Å²) in [6.07, 6.45) is 2.84. The van der Waals surface area contributed by atoms with Gasteiger partial charge in [0.05, 0.1) is 12.7 Å². The van der Waals surface area contributed by atoms with Crippen LogP contribution in [0.3, 0.4) is 0 Å². The molecule has 1 N–H and O–H groups in total. The number of ether oxygens (including phenoxy) is 1. The zero-order valence-corrected chi connectivity index (χ0v) is 12.6. The van der Waals surface area contributed by atoms with Crippen molar-refractivity contribution in [3.8, 4) is 5.75 Å². The van der Waals surface area contributed by atoms with Crippen molar-refractivity contribution in [1.82, 2.24) is 0 Å². The molecule has 0 bridgehead atoms. The predicted octanol–water partition coefficient (Wildman–Crippen LogP) is 3.81. The molecular formula is C18H19ClO2. The van der Waals surface area contributed by atoms with Gasteiger partial charge in [0, 0.05) is 11.4 Å². The molecule has 3 rings (SSSR count). The lowest BCUT2D eigenvalue weighted by atomic mass is 9.99. The van der Waals surface area contributed by atoms with E-state index in [1.165, 1.54) is 11.1 Å². The van der Waals surface area contributed by atoms with Crippen molar-refractivity contribution in [2.24, 2.45) is 0 Å². The Bertz CT molecular complexity index is 624. The van der Waals surface area contributed by atoms with Crippen LogP contribution in [0.15, 0.2) is 42.5 Å². The third kappa shape index (κ3) is 3.58. The minimum absolute atomic E-state index is 0.366. The lowest BCUT2D eigenvalue weighted by Gasteiger charge is -2.12. The molecule has 3 heteroatoms. The van der Waals surface area contributed by atoms with Crippen molar-refractivity contribution >= 4 is 11.6 Å². The number of hydrogen-bond acceptors (Lipinski definition) is 2. The van der Waals surface area contributed by atoms with Crippen LogP contribution in [-0.4, -0.2) is 17.8 Å². The van der Waals surface area contributed by atoms with E-state index in [1.54, 1.807) is 0 Å². The third-order valence-corrected chi connectivity index (χ3v) is 4.30. The van der Waals surface area contributed by atoms with Gasteiger partial charge in [-0.05, 0) is 48.1 Å². The van der Waals surface area contributed by atoms with Crippen molar-refractivity contribution in [3.05, 3.63) is 64.2 Å². The highest BCUT2D eigenvalue weighted by Gasteiger charge is 2.13. The van der Waals surface area contributed by atoms with Gasteiger partial charge in [0.2, 0.25) is 0 Å². The highest BCUT2D eigenvalue weighted by molar-refractivity contribution is 6.31. The Morgan fingerprint density at radius 2 is 2.05 bits per heavy atom. The number of aliphatic hydroxyl groups is 1. The maximum atomic E-state index is 10.2. The van der Waals surface area contributed by atoms with E-state index in [4.69, 9.17) is 16.3 Å². The van der Waals surface area contributed by atoms with E-state index in [0.29, 0.717) is 6.42 Å². The van der Waals surface area contributed by atoms with E-state index in [9.17, 15) is 5.11 Å². The Labute approximate surface area is 130 Å². The van der Waals surface area contributed by atoms with E-state index in [1.807, 2.05) is 30.3 Å². The van der Waals surface area contributed by atoms with Crippen molar-refractivity contribution < 1.29 is 9.84 Å². The van der Waals surface area contributed by atoms with Crippen molar-refractivity contribution in [2.75, 3.05) is 6.61 Å². The fourth-order valence-electron chi connectivity index (χ4n) is 2.75. The van der Waals surface area contributed by atoms with Crippen molar-refractivity contribution in [3.63, 3.8) is 0 Å². The second kappa shape index (κ2) is 6.50. The minimum Gasteiger partial charge on any atom is -0.493 e. The molecule has 0 amide bonds. The SMILES string of the molecule is OC(CCc1ccc2c(c1)CCO2)Cc1ccccc1Cl. The Balaban J connectivity index is 1.56. The van der Waals surface area contributed by atoms with Gasteiger partial charge in [-0.15, -0.1) is 0 Å².